The first-order valence-electron chi connectivity index (χ1n) is 5.98. The van der Waals surface area contributed by atoms with Gasteiger partial charge in [-0.3, -0.25) is 4.79 Å². The Kier molecular flexibility index (Phi) is 4.00. The number of halogens is 1. The summed E-state index contributed by atoms with van der Waals surface area (Å²) in [7, 11) is 0. The van der Waals surface area contributed by atoms with E-state index < -0.39 is 0 Å². The summed E-state index contributed by atoms with van der Waals surface area (Å²) in [6, 6.07) is 9.47. The van der Waals surface area contributed by atoms with E-state index in [1.165, 1.54) is 0 Å². The molecule has 0 aliphatic heterocycles. The molecule has 0 unspecified atom stereocenters. The quantitative estimate of drug-likeness (QED) is 0.908. The molecule has 1 N–H and O–H groups in total. The van der Waals surface area contributed by atoms with Gasteiger partial charge in [-0.1, -0.05) is 22.0 Å². The van der Waals surface area contributed by atoms with Crippen molar-refractivity contribution in [1.82, 2.24) is 4.98 Å². The third-order valence-corrected chi connectivity index (χ3v) is 3.28. The fraction of sp³-hybridized carbons (Fsp3) is 0.200. The lowest BCUT2D eigenvalue weighted by Gasteiger charge is -2.09. The Balaban J connectivity index is 2.28. The predicted octanol–water partition coefficient (Wildman–Crippen LogP) is 4.02. The van der Waals surface area contributed by atoms with E-state index in [4.69, 9.17) is 0 Å². The van der Waals surface area contributed by atoms with Crippen molar-refractivity contribution in [2.24, 2.45) is 0 Å². The van der Waals surface area contributed by atoms with Crippen molar-refractivity contribution >= 4 is 27.7 Å². The average Bonchev–Trinajstić information content (AvgIpc) is 2.30. The monoisotopic (exact) mass is 318 g/mol. The van der Waals surface area contributed by atoms with Crippen LogP contribution in [0.3, 0.4) is 0 Å². The maximum absolute atomic E-state index is 12.2. The Morgan fingerprint density at radius 2 is 1.89 bits per heavy atom. The van der Waals surface area contributed by atoms with E-state index >= 15 is 0 Å². The lowest BCUT2D eigenvalue weighted by Crippen LogP contribution is -2.14. The normalized spacial score (nSPS) is 10.3. The number of rotatable bonds is 2. The minimum atomic E-state index is -0.142. The van der Waals surface area contributed by atoms with E-state index in [1.807, 2.05) is 51.1 Å². The lowest BCUT2D eigenvalue weighted by atomic mass is 10.1. The van der Waals surface area contributed by atoms with Crippen molar-refractivity contribution in [1.29, 1.82) is 0 Å². The van der Waals surface area contributed by atoms with E-state index in [9.17, 15) is 4.79 Å². The van der Waals surface area contributed by atoms with Gasteiger partial charge in [0.05, 0.1) is 0 Å². The number of aromatic nitrogens is 1. The molecule has 0 aliphatic carbocycles. The van der Waals surface area contributed by atoms with Crippen LogP contribution in [0.1, 0.15) is 27.2 Å². The van der Waals surface area contributed by atoms with Gasteiger partial charge in [-0.2, -0.15) is 0 Å². The van der Waals surface area contributed by atoms with Crippen LogP contribution in [0.25, 0.3) is 0 Å². The Hall–Kier alpha value is -1.68. The zero-order valence-corrected chi connectivity index (χ0v) is 12.7. The molecule has 0 atom stereocenters. The number of aryl methyl sites for hydroxylation is 3. The van der Waals surface area contributed by atoms with E-state index in [2.05, 4.69) is 26.2 Å². The highest BCUT2D eigenvalue weighted by Crippen LogP contribution is 2.18. The summed E-state index contributed by atoms with van der Waals surface area (Å²) >= 11 is 3.38. The highest BCUT2D eigenvalue weighted by Gasteiger charge is 2.10. The van der Waals surface area contributed by atoms with Gasteiger partial charge in [0, 0.05) is 15.7 Å². The van der Waals surface area contributed by atoms with Crippen LogP contribution in [0, 0.1) is 20.8 Å². The van der Waals surface area contributed by atoms with Gasteiger partial charge >= 0.3 is 0 Å². The van der Waals surface area contributed by atoms with Crippen molar-refractivity contribution in [2.45, 2.75) is 20.8 Å². The second-order valence-corrected chi connectivity index (χ2v) is 5.50. The molecule has 0 aliphatic rings. The second-order valence-electron chi connectivity index (χ2n) is 4.58. The number of carbonyl (C=O) groups is 1. The molecule has 19 heavy (non-hydrogen) atoms. The topological polar surface area (TPSA) is 42.0 Å². The smallest absolute Gasteiger partial charge is 0.257 e. The molecule has 4 heteroatoms. The summed E-state index contributed by atoms with van der Waals surface area (Å²) in [5, 5.41) is 2.84. The van der Waals surface area contributed by atoms with Crippen LogP contribution < -0.4 is 5.32 Å². The molecule has 0 saturated carbocycles. The number of hydrogen-bond donors (Lipinski definition) is 1. The van der Waals surface area contributed by atoms with Gasteiger partial charge in [0.1, 0.15) is 5.82 Å². The maximum Gasteiger partial charge on any atom is 0.257 e. The zero-order valence-electron chi connectivity index (χ0n) is 11.1. The average molecular weight is 319 g/mol. The number of pyridine rings is 1. The van der Waals surface area contributed by atoms with E-state index in [-0.39, 0.29) is 5.91 Å². The molecule has 0 saturated heterocycles. The van der Waals surface area contributed by atoms with Gasteiger partial charge < -0.3 is 5.32 Å². The van der Waals surface area contributed by atoms with Gasteiger partial charge in [0.15, 0.2) is 0 Å². The zero-order chi connectivity index (χ0) is 14.0. The van der Waals surface area contributed by atoms with Crippen LogP contribution in [0.4, 0.5) is 5.82 Å². The van der Waals surface area contributed by atoms with Crippen LogP contribution in [0.15, 0.2) is 34.8 Å². The summed E-state index contributed by atoms with van der Waals surface area (Å²) in [6.07, 6.45) is 0. The van der Waals surface area contributed by atoms with Crippen LogP contribution in [0.2, 0.25) is 0 Å². The number of benzene rings is 1. The minimum absolute atomic E-state index is 0.142. The molecule has 0 fully saturated rings. The molecule has 2 aromatic rings. The van der Waals surface area contributed by atoms with Crippen LogP contribution in [-0.2, 0) is 0 Å². The Bertz CT molecular complexity index is 618. The summed E-state index contributed by atoms with van der Waals surface area (Å²) < 4.78 is 0.886. The molecule has 1 aromatic carbocycles. The fourth-order valence-corrected chi connectivity index (χ4v) is 2.29. The van der Waals surface area contributed by atoms with Crippen LogP contribution in [0.5, 0.6) is 0 Å². The van der Waals surface area contributed by atoms with E-state index in [0.717, 1.165) is 21.3 Å². The Labute approximate surface area is 121 Å². The van der Waals surface area contributed by atoms with Crippen molar-refractivity contribution in [3.63, 3.8) is 0 Å². The predicted molar refractivity (Wildman–Crippen MR) is 80.5 cm³/mol. The number of hydrogen-bond acceptors (Lipinski definition) is 2. The first kappa shape index (κ1) is 13.7. The van der Waals surface area contributed by atoms with Crippen molar-refractivity contribution in [3.8, 4) is 0 Å². The SMILES string of the molecule is Cc1cc(C)nc(NC(=O)c2cc(Br)ccc2C)c1. The number of carbonyl (C=O) groups excluding carboxylic acids is 1. The maximum atomic E-state index is 12.2. The highest BCUT2D eigenvalue weighted by molar-refractivity contribution is 9.10. The summed E-state index contributed by atoms with van der Waals surface area (Å²) in [4.78, 5) is 16.5. The molecule has 1 aromatic heterocycles. The molecule has 98 valence electrons. The molecule has 1 amide bonds. The molecular formula is C15H15BrN2O. The number of anilines is 1. The van der Waals surface area contributed by atoms with Gasteiger partial charge in [-0.05, 0) is 56.2 Å². The van der Waals surface area contributed by atoms with Gasteiger partial charge in [-0.25, -0.2) is 4.98 Å². The summed E-state index contributed by atoms with van der Waals surface area (Å²) in [5.41, 5.74) is 3.55. The standard InChI is InChI=1S/C15H15BrN2O/c1-9-6-11(3)17-14(7-9)18-15(19)13-8-12(16)5-4-10(13)2/h4-8H,1-3H3,(H,17,18,19). The highest BCUT2D eigenvalue weighted by atomic mass is 79.9. The molecule has 1 heterocycles. The van der Waals surface area contributed by atoms with Gasteiger partial charge in [-0.15, -0.1) is 0 Å². The Morgan fingerprint density at radius 3 is 2.58 bits per heavy atom. The molecule has 0 radical (unpaired) electrons. The third kappa shape index (κ3) is 3.41. The number of amides is 1. The molecule has 3 nitrogen and oxygen atoms in total. The van der Waals surface area contributed by atoms with Crippen LogP contribution >= 0.6 is 15.9 Å². The van der Waals surface area contributed by atoms with Crippen molar-refractivity contribution in [2.75, 3.05) is 5.32 Å². The molecular weight excluding hydrogens is 304 g/mol. The van der Waals surface area contributed by atoms with E-state index in [0.29, 0.717) is 11.4 Å². The minimum Gasteiger partial charge on any atom is -0.307 e. The molecule has 0 spiro atoms. The molecule has 0 bridgehead atoms. The van der Waals surface area contributed by atoms with Crippen molar-refractivity contribution in [3.05, 3.63) is 57.2 Å². The van der Waals surface area contributed by atoms with E-state index in [1.54, 1.807) is 0 Å². The van der Waals surface area contributed by atoms with Gasteiger partial charge in [0.25, 0.3) is 5.91 Å². The second kappa shape index (κ2) is 5.53. The molecule has 2 rings (SSSR count). The van der Waals surface area contributed by atoms with Gasteiger partial charge in [0.2, 0.25) is 0 Å². The first-order valence-corrected chi connectivity index (χ1v) is 6.78. The Morgan fingerprint density at radius 1 is 1.16 bits per heavy atom. The summed E-state index contributed by atoms with van der Waals surface area (Å²) in [6.45, 7) is 5.80. The van der Waals surface area contributed by atoms with Crippen molar-refractivity contribution < 1.29 is 4.79 Å². The number of nitrogens with zero attached hydrogens (tertiary/aromatic N) is 1. The summed E-state index contributed by atoms with van der Waals surface area (Å²) in [5.74, 6) is 0.443. The largest absolute Gasteiger partial charge is 0.307 e. The number of nitrogens with one attached hydrogen (secondary N) is 1. The lowest BCUT2D eigenvalue weighted by molar-refractivity contribution is 0.102. The van der Waals surface area contributed by atoms with Crippen LogP contribution in [-0.4, -0.2) is 10.9 Å². The first-order chi connectivity index (χ1) is 8.95. The third-order valence-electron chi connectivity index (χ3n) is 2.78. The fourth-order valence-electron chi connectivity index (χ4n) is 1.93.